The van der Waals surface area contributed by atoms with E-state index in [2.05, 4.69) is 15.9 Å². The van der Waals surface area contributed by atoms with Crippen LogP contribution in [0.1, 0.15) is 25.3 Å². The first-order valence-electron chi connectivity index (χ1n) is 6.64. The summed E-state index contributed by atoms with van der Waals surface area (Å²) in [6.07, 6.45) is 1.58. The van der Waals surface area contributed by atoms with Gasteiger partial charge < -0.3 is 14.9 Å². The first-order valence-corrected chi connectivity index (χ1v) is 7.43. The second-order valence-corrected chi connectivity index (χ2v) is 5.68. The molecule has 1 fully saturated rings. The van der Waals surface area contributed by atoms with E-state index >= 15 is 0 Å². The van der Waals surface area contributed by atoms with Gasteiger partial charge in [-0.2, -0.15) is 0 Å². The summed E-state index contributed by atoms with van der Waals surface area (Å²) in [7, 11) is 0. The normalized spacial score (nSPS) is 19.2. The zero-order valence-electron chi connectivity index (χ0n) is 11.3. The number of halogens is 1. The van der Waals surface area contributed by atoms with Crippen molar-refractivity contribution in [1.29, 1.82) is 0 Å². The van der Waals surface area contributed by atoms with Crippen molar-refractivity contribution in [3.63, 3.8) is 0 Å². The highest BCUT2D eigenvalue weighted by atomic mass is 79.9. The lowest BCUT2D eigenvalue weighted by Gasteiger charge is -2.21. The minimum absolute atomic E-state index is 0.0757. The second kappa shape index (κ2) is 6.45. The van der Waals surface area contributed by atoms with Gasteiger partial charge in [0.05, 0.1) is 11.1 Å². The van der Waals surface area contributed by atoms with Gasteiger partial charge in [-0.1, -0.05) is 0 Å². The van der Waals surface area contributed by atoms with E-state index in [0.717, 1.165) is 18.5 Å². The standard InChI is InChI=1S/C14H18BrNO4/c1-2-20-12-7-9(6-10(15)13(12)17)8-16-5-3-4-11(16)14(18)19/h6-7,11,17H,2-5,8H2,1H3,(H,18,19)/t11-/m0/s1. The molecular formula is C14H18BrNO4. The van der Waals surface area contributed by atoms with Crippen molar-refractivity contribution in [3.8, 4) is 11.5 Å². The van der Waals surface area contributed by atoms with Crippen LogP contribution in [0.2, 0.25) is 0 Å². The van der Waals surface area contributed by atoms with Crippen LogP contribution in [0.3, 0.4) is 0 Å². The van der Waals surface area contributed by atoms with Gasteiger partial charge in [0.15, 0.2) is 11.5 Å². The maximum absolute atomic E-state index is 11.2. The van der Waals surface area contributed by atoms with Crippen molar-refractivity contribution in [3.05, 3.63) is 22.2 Å². The molecule has 2 rings (SSSR count). The van der Waals surface area contributed by atoms with Gasteiger partial charge in [-0.3, -0.25) is 9.69 Å². The van der Waals surface area contributed by atoms with Crippen molar-refractivity contribution in [2.45, 2.75) is 32.4 Å². The molecule has 1 aromatic carbocycles. The van der Waals surface area contributed by atoms with E-state index in [0.29, 0.717) is 29.8 Å². The lowest BCUT2D eigenvalue weighted by molar-refractivity contribution is -0.142. The number of benzene rings is 1. The molecule has 1 aliphatic heterocycles. The topological polar surface area (TPSA) is 70.0 Å². The molecular weight excluding hydrogens is 326 g/mol. The summed E-state index contributed by atoms with van der Waals surface area (Å²) in [5.74, 6) is -0.278. The fraction of sp³-hybridized carbons (Fsp3) is 0.500. The van der Waals surface area contributed by atoms with Crippen LogP contribution in [-0.4, -0.2) is 40.3 Å². The Morgan fingerprint density at radius 2 is 2.30 bits per heavy atom. The molecule has 0 aliphatic carbocycles. The number of phenols is 1. The Balaban J connectivity index is 2.19. The Labute approximate surface area is 126 Å². The van der Waals surface area contributed by atoms with Crippen LogP contribution in [0.25, 0.3) is 0 Å². The van der Waals surface area contributed by atoms with Crippen LogP contribution in [-0.2, 0) is 11.3 Å². The highest BCUT2D eigenvalue weighted by molar-refractivity contribution is 9.10. The van der Waals surface area contributed by atoms with E-state index in [1.807, 2.05) is 11.8 Å². The van der Waals surface area contributed by atoms with E-state index in [9.17, 15) is 15.0 Å². The lowest BCUT2D eigenvalue weighted by Crippen LogP contribution is -2.35. The van der Waals surface area contributed by atoms with Gasteiger partial charge in [0.25, 0.3) is 0 Å². The van der Waals surface area contributed by atoms with E-state index in [1.54, 1.807) is 12.1 Å². The second-order valence-electron chi connectivity index (χ2n) is 4.82. The smallest absolute Gasteiger partial charge is 0.320 e. The molecule has 110 valence electrons. The zero-order chi connectivity index (χ0) is 14.7. The summed E-state index contributed by atoms with van der Waals surface area (Å²) < 4.78 is 5.94. The Bertz CT molecular complexity index is 506. The number of likely N-dealkylation sites (tertiary alicyclic amines) is 1. The van der Waals surface area contributed by atoms with Crippen LogP contribution in [0.15, 0.2) is 16.6 Å². The average Bonchev–Trinajstić information content (AvgIpc) is 2.84. The first-order chi connectivity index (χ1) is 9.52. The van der Waals surface area contributed by atoms with Crippen molar-refractivity contribution >= 4 is 21.9 Å². The van der Waals surface area contributed by atoms with E-state index in [-0.39, 0.29) is 5.75 Å². The largest absolute Gasteiger partial charge is 0.503 e. The fourth-order valence-electron chi connectivity index (χ4n) is 2.51. The highest BCUT2D eigenvalue weighted by Crippen LogP contribution is 2.36. The number of aliphatic carboxylic acids is 1. The quantitative estimate of drug-likeness (QED) is 0.859. The number of phenolic OH excluding ortho intramolecular Hbond substituents is 1. The molecule has 1 saturated heterocycles. The number of nitrogens with zero attached hydrogens (tertiary/aromatic N) is 1. The summed E-state index contributed by atoms with van der Waals surface area (Å²) in [6, 6.07) is 3.15. The molecule has 1 aliphatic rings. The minimum Gasteiger partial charge on any atom is -0.503 e. The molecule has 1 heterocycles. The Kier molecular flexibility index (Phi) is 4.88. The molecule has 20 heavy (non-hydrogen) atoms. The third-order valence-electron chi connectivity index (χ3n) is 3.42. The monoisotopic (exact) mass is 343 g/mol. The van der Waals surface area contributed by atoms with Crippen molar-refractivity contribution < 1.29 is 19.7 Å². The predicted octanol–water partition coefficient (Wildman–Crippen LogP) is 2.60. The van der Waals surface area contributed by atoms with E-state index in [4.69, 9.17) is 4.74 Å². The number of aromatic hydroxyl groups is 1. The molecule has 6 heteroatoms. The average molecular weight is 344 g/mol. The number of ether oxygens (including phenoxy) is 1. The maximum atomic E-state index is 11.2. The summed E-state index contributed by atoms with van der Waals surface area (Å²) >= 11 is 3.30. The van der Waals surface area contributed by atoms with Gasteiger partial charge in [-0.15, -0.1) is 0 Å². The van der Waals surface area contributed by atoms with Crippen molar-refractivity contribution in [2.24, 2.45) is 0 Å². The van der Waals surface area contributed by atoms with Crippen LogP contribution < -0.4 is 4.74 Å². The van der Waals surface area contributed by atoms with Crippen LogP contribution in [0.4, 0.5) is 0 Å². The lowest BCUT2D eigenvalue weighted by atomic mass is 10.1. The highest BCUT2D eigenvalue weighted by Gasteiger charge is 2.30. The van der Waals surface area contributed by atoms with Crippen LogP contribution in [0.5, 0.6) is 11.5 Å². The third kappa shape index (κ3) is 3.24. The minimum atomic E-state index is -0.773. The van der Waals surface area contributed by atoms with Gasteiger partial charge in [0.2, 0.25) is 0 Å². The molecule has 0 unspecified atom stereocenters. The molecule has 2 N–H and O–H groups in total. The van der Waals surface area contributed by atoms with Crippen LogP contribution >= 0.6 is 15.9 Å². The van der Waals surface area contributed by atoms with Crippen molar-refractivity contribution in [2.75, 3.05) is 13.2 Å². The number of hydrogen-bond acceptors (Lipinski definition) is 4. The SMILES string of the molecule is CCOc1cc(CN2CCC[C@H]2C(=O)O)cc(Br)c1O. The van der Waals surface area contributed by atoms with Gasteiger partial charge in [0, 0.05) is 6.54 Å². The number of hydrogen-bond donors (Lipinski definition) is 2. The maximum Gasteiger partial charge on any atom is 0.320 e. The fourth-order valence-corrected chi connectivity index (χ4v) is 3.00. The summed E-state index contributed by atoms with van der Waals surface area (Å²) in [4.78, 5) is 13.1. The summed E-state index contributed by atoms with van der Waals surface area (Å²) in [6.45, 7) is 3.63. The third-order valence-corrected chi connectivity index (χ3v) is 4.03. The summed E-state index contributed by atoms with van der Waals surface area (Å²) in [5.41, 5.74) is 0.922. The molecule has 1 atom stereocenters. The van der Waals surface area contributed by atoms with E-state index in [1.165, 1.54) is 0 Å². The number of carboxylic acids is 1. The molecule has 0 bridgehead atoms. The number of rotatable bonds is 5. The zero-order valence-corrected chi connectivity index (χ0v) is 12.9. The van der Waals surface area contributed by atoms with Crippen molar-refractivity contribution in [1.82, 2.24) is 4.90 Å². The first kappa shape index (κ1) is 15.1. The molecule has 0 saturated carbocycles. The molecule has 0 spiro atoms. The molecule has 0 radical (unpaired) electrons. The Morgan fingerprint density at radius 3 is 2.95 bits per heavy atom. The van der Waals surface area contributed by atoms with Crippen LogP contribution in [0, 0.1) is 0 Å². The van der Waals surface area contributed by atoms with Gasteiger partial charge in [-0.25, -0.2) is 0 Å². The summed E-state index contributed by atoms with van der Waals surface area (Å²) in [5, 5.41) is 19.1. The molecule has 0 aromatic heterocycles. The molecule has 0 amide bonds. The number of carbonyl (C=O) groups is 1. The Hall–Kier alpha value is -1.27. The predicted molar refractivity (Wildman–Crippen MR) is 78.0 cm³/mol. The Morgan fingerprint density at radius 1 is 1.55 bits per heavy atom. The van der Waals surface area contributed by atoms with E-state index < -0.39 is 12.0 Å². The molecule has 1 aromatic rings. The van der Waals surface area contributed by atoms with Gasteiger partial charge in [0.1, 0.15) is 6.04 Å². The van der Waals surface area contributed by atoms with Gasteiger partial charge in [-0.05, 0) is 59.9 Å². The van der Waals surface area contributed by atoms with Gasteiger partial charge >= 0.3 is 5.97 Å². The number of carboxylic acid groups (broad SMARTS) is 1. The molecule has 5 nitrogen and oxygen atoms in total.